The molecule has 0 aliphatic carbocycles. The van der Waals surface area contributed by atoms with Crippen LogP contribution in [0, 0.1) is 0 Å². The number of aryl methyl sites for hydroxylation is 2. The maximum absolute atomic E-state index is 5.57. The minimum atomic E-state index is 0.721. The van der Waals surface area contributed by atoms with Crippen molar-refractivity contribution in [3.8, 4) is 0 Å². The molecule has 0 bridgehead atoms. The maximum Gasteiger partial charge on any atom is 0.0501 e. The summed E-state index contributed by atoms with van der Waals surface area (Å²) < 4.78 is 0. The van der Waals surface area contributed by atoms with Crippen LogP contribution in [0.15, 0.2) is 48.7 Å². The lowest BCUT2D eigenvalue weighted by Crippen LogP contribution is -1.95. The van der Waals surface area contributed by atoms with E-state index < -0.39 is 0 Å². The van der Waals surface area contributed by atoms with Crippen LogP contribution in [-0.2, 0) is 12.8 Å². The molecule has 0 spiro atoms. The standard InChI is InChI=1S/C13H14N2/c14-12-7-9-13(15-10-12)8-6-11-4-2-1-3-5-11/h1-5,7,9-10H,6,8,14H2. The average molecular weight is 198 g/mol. The van der Waals surface area contributed by atoms with Crippen LogP contribution in [0.5, 0.6) is 0 Å². The van der Waals surface area contributed by atoms with E-state index in [1.807, 2.05) is 18.2 Å². The predicted octanol–water partition coefficient (Wildman–Crippen LogP) is 2.45. The summed E-state index contributed by atoms with van der Waals surface area (Å²) in [7, 11) is 0. The van der Waals surface area contributed by atoms with Crippen LogP contribution in [0.25, 0.3) is 0 Å². The first-order valence-corrected chi connectivity index (χ1v) is 5.09. The fourth-order valence-corrected chi connectivity index (χ4v) is 1.50. The Morgan fingerprint density at radius 2 is 1.73 bits per heavy atom. The minimum Gasteiger partial charge on any atom is -0.397 e. The molecule has 15 heavy (non-hydrogen) atoms. The predicted molar refractivity (Wildman–Crippen MR) is 62.5 cm³/mol. The topological polar surface area (TPSA) is 38.9 Å². The third kappa shape index (κ3) is 2.81. The van der Waals surface area contributed by atoms with Crippen LogP contribution in [-0.4, -0.2) is 4.98 Å². The summed E-state index contributed by atoms with van der Waals surface area (Å²) in [6, 6.07) is 14.3. The fourth-order valence-electron chi connectivity index (χ4n) is 1.50. The van der Waals surface area contributed by atoms with Crippen molar-refractivity contribution in [1.82, 2.24) is 4.98 Å². The molecule has 1 aromatic heterocycles. The monoisotopic (exact) mass is 198 g/mol. The van der Waals surface area contributed by atoms with Gasteiger partial charge in [0, 0.05) is 5.69 Å². The van der Waals surface area contributed by atoms with Crippen molar-refractivity contribution in [2.24, 2.45) is 0 Å². The van der Waals surface area contributed by atoms with E-state index in [0.29, 0.717) is 0 Å². The van der Waals surface area contributed by atoms with Gasteiger partial charge in [-0.25, -0.2) is 0 Å². The fraction of sp³-hybridized carbons (Fsp3) is 0.154. The Balaban J connectivity index is 1.96. The van der Waals surface area contributed by atoms with Gasteiger partial charge in [0.2, 0.25) is 0 Å². The van der Waals surface area contributed by atoms with Crippen LogP contribution in [0.2, 0.25) is 0 Å². The summed E-state index contributed by atoms with van der Waals surface area (Å²) >= 11 is 0. The van der Waals surface area contributed by atoms with Crippen molar-refractivity contribution in [2.45, 2.75) is 12.8 Å². The van der Waals surface area contributed by atoms with E-state index >= 15 is 0 Å². The van der Waals surface area contributed by atoms with E-state index in [1.54, 1.807) is 6.20 Å². The summed E-state index contributed by atoms with van der Waals surface area (Å²) in [5, 5.41) is 0. The van der Waals surface area contributed by atoms with Crippen LogP contribution in [0.4, 0.5) is 5.69 Å². The largest absolute Gasteiger partial charge is 0.397 e. The van der Waals surface area contributed by atoms with Gasteiger partial charge in [-0.2, -0.15) is 0 Å². The van der Waals surface area contributed by atoms with Crippen molar-refractivity contribution in [3.05, 3.63) is 59.9 Å². The zero-order valence-electron chi connectivity index (χ0n) is 8.56. The highest BCUT2D eigenvalue weighted by molar-refractivity contribution is 5.34. The van der Waals surface area contributed by atoms with E-state index in [1.165, 1.54) is 5.56 Å². The van der Waals surface area contributed by atoms with Crippen LogP contribution in [0.3, 0.4) is 0 Å². The Labute approximate surface area is 89.8 Å². The second-order valence-corrected chi connectivity index (χ2v) is 3.57. The minimum absolute atomic E-state index is 0.721. The van der Waals surface area contributed by atoms with Crippen molar-refractivity contribution >= 4 is 5.69 Å². The SMILES string of the molecule is Nc1ccc(CCc2ccccc2)nc1. The van der Waals surface area contributed by atoms with Gasteiger partial charge in [0.1, 0.15) is 0 Å². The molecular weight excluding hydrogens is 184 g/mol. The highest BCUT2D eigenvalue weighted by Crippen LogP contribution is 2.06. The van der Waals surface area contributed by atoms with Crippen molar-refractivity contribution in [1.29, 1.82) is 0 Å². The zero-order chi connectivity index (χ0) is 10.5. The number of anilines is 1. The number of benzene rings is 1. The highest BCUT2D eigenvalue weighted by Gasteiger charge is 1.96. The van der Waals surface area contributed by atoms with Gasteiger partial charge >= 0.3 is 0 Å². The number of nitrogens with zero attached hydrogens (tertiary/aromatic N) is 1. The first kappa shape index (κ1) is 9.71. The van der Waals surface area contributed by atoms with Gasteiger partial charge < -0.3 is 5.73 Å². The molecule has 0 saturated heterocycles. The van der Waals surface area contributed by atoms with E-state index in [4.69, 9.17) is 5.73 Å². The molecule has 1 aromatic carbocycles. The Kier molecular flexibility index (Phi) is 2.98. The normalized spacial score (nSPS) is 10.1. The van der Waals surface area contributed by atoms with Gasteiger partial charge in [0.05, 0.1) is 11.9 Å². The average Bonchev–Trinajstić information content (AvgIpc) is 2.30. The summed E-state index contributed by atoms with van der Waals surface area (Å²) in [6.07, 6.45) is 3.70. The van der Waals surface area contributed by atoms with E-state index in [-0.39, 0.29) is 0 Å². The molecule has 2 heteroatoms. The van der Waals surface area contributed by atoms with E-state index in [2.05, 4.69) is 29.2 Å². The van der Waals surface area contributed by atoms with Gasteiger partial charge in [0.25, 0.3) is 0 Å². The van der Waals surface area contributed by atoms with Gasteiger partial charge in [-0.1, -0.05) is 30.3 Å². The molecule has 0 aliphatic heterocycles. The molecule has 0 saturated carbocycles. The van der Waals surface area contributed by atoms with Gasteiger partial charge in [-0.15, -0.1) is 0 Å². The molecule has 76 valence electrons. The smallest absolute Gasteiger partial charge is 0.0501 e. The number of hydrogen-bond acceptors (Lipinski definition) is 2. The highest BCUT2D eigenvalue weighted by atomic mass is 14.7. The lowest BCUT2D eigenvalue weighted by Gasteiger charge is -2.01. The Bertz CT molecular complexity index is 406. The molecule has 0 unspecified atom stereocenters. The number of rotatable bonds is 3. The van der Waals surface area contributed by atoms with Crippen molar-refractivity contribution in [3.63, 3.8) is 0 Å². The summed E-state index contributed by atoms with van der Waals surface area (Å²) in [6.45, 7) is 0. The molecule has 2 N–H and O–H groups in total. The van der Waals surface area contributed by atoms with Crippen LogP contribution in [0.1, 0.15) is 11.3 Å². The van der Waals surface area contributed by atoms with Crippen LogP contribution >= 0.6 is 0 Å². The molecule has 2 aromatic rings. The third-order valence-corrected chi connectivity index (χ3v) is 2.36. The number of nitrogens with two attached hydrogens (primary N) is 1. The summed E-state index contributed by atoms with van der Waals surface area (Å²) in [5.74, 6) is 0. The Hall–Kier alpha value is -1.83. The van der Waals surface area contributed by atoms with Gasteiger partial charge in [-0.3, -0.25) is 4.98 Å². The molecular formula is C13H14N2. The lowest BCUT2D eigenvalue weighted by atomic mass is 10.1. The molecule has 2 nitrogen and oxygen atoms in total. The molecule has 0 atom stereocenters. The molecule has 0 fully saturated rings. The molecule has 1 heterocycles. The third-order valence-electron chi connectivity index (χ3n) is 2.36. The molecule has 0 aliphatic rings. The van der Waals surface area contributed by atoms with Crippen molar-refractivity contribution < 1.29 is 0 Å². The molecule has 0 amide bonds. The number of nitrogen functional groups attached to an aromatic ring is 1. The van der Waals surface area contributed by atoms with Gasteiger partial charge in [-0.05, 0) is 30.5 Å². The summed E-state index contributed by atoms with van der Waals surface area (Å²) in [4.78, 5) is 4.27. The quantitative estimate of drug-likeness (QED) is 0.822. The summed E-state index contributed by atoms with van der Waals surface area (Å²) in [5.41, 5.74) is 8.73. The Morgan fingerprint density at radius 1 is 0.933 bits per heavy atom. The first-order valence-electron chi connectivity index (χ1n) is 5.09. The molecule has 2 rings (SSSR count). The Morgan fingerprint density at radius 3 is 2.40 bits per heavy atom. The number of pyridine rings is 1. The van der Waals surface area contributed by atoms with E-state index in [0.717, 1.165) is 24.2 Å². The van der Waals surface area contributed by atoms with Gasteiger partial charge in [0.15, 0.2) is 0 Å². The molecule has 0 radical (unpaired) electrons. The van der Waals surface area contributed by atoms with E-state index in [9.17, 15) is 0 Å². The maximum atomic E-state index is 5.57. The number of aromatic nitrogens is 1. The second-order valence-electron chi connectivity index (χ2n) is 3.57. The van der Waals surface area contributed by atoms with Crippen molar-refractivity contribution in [2.75, 3.05) is 5.73 Å². The zero-order valence-corrected chi connectivity index (χ0v) is 8.56. The van der Waals surface area contributed by atoms with Crippen LogP contribution < -0.4 is 5.73 Å². The number of hydrogen-bond donors (Lipinski definition) is 1. The first-order chi connectivity index (χ1) is 7.34. The lowest BCUT2D eigenvalue weighted by molar-refractivity contribution is 0.914. The second kappa shape index (κ2) is 4.60.